The molecular weight excluding hydrogens is 386 g/mol. The van der Waals surface area contributed by atoms with Crippen LogP contribution >= 0.6 is 0 Å². The first-order valence-electron chi connectivity index (χ1n) is 9.18. The molecule has 9 nitrogen and oxygen atoms in total. The Morgan fingerprint density at radius 2 is 1.67 bits per heavy atom. The summed E-state index contributed by atoms with van der Waals surface area (Å²) in [6, 6.07) is 17.2. The van der Waals surface area contributed by atoms with Crippen LogP contribution in [-0.2, 0) is 9.59 Å². The number of aromatic nitrogens is 5. The van der Waals surface area contributed by atoms with Crippen LogP contribution in [0.5, 0.6) is 0 Å². The maximum absolute atomic E-state index is 8.93. The van der Waals surface area contributed by atoms with Crippen molar-refractivity contribution in [3.05, 3.63) is 78.4 Å². The summed E-state index contributed by atoms with van der Waals surface area (Å²) < 4.78 is 4.09. The third kappa shape index (κ3) is 4.52. The summed E-state index contributed by atoms with van der Waals surface area (Å²) in [5.41, 5.74) is 4.39. The van der Waals surface area contributed by atoms with Crippen molar-refractivity contribution in [2.24, 2.45) is 0 Å². The van der Waals surface area contributed by atoms with Crippen LogP contribution in [0.15, 0.2) is 67.3 Å². The Kier molecular flexibility index (Phi) is 6.21. The SMILES string of the molecule is CC(C)n1nnc2ccc(C(c3ccccc3)n3ccnc3)cc21.O=C([O-])C(=O)[O-]. The summed E-state index contributed by atoms with van der Waals surface area (Å²) in [4.78, 5) is 22.1. The average Bonchev–Trinajstić information content (AvgIpc) is 3.39. The number of rotatable bonds is 4. The first kappa shape index (κ1) is 20.7. The van der Waals surface area contributed by atoms with Crippen LogP contribution in [0.25, 0.3) is 11.0 Å². The van der Waals surface area contributed by atoms with Crippen LogP contribution in [-0.4, -0.2) is 36.5 Å². The number of aliphatic carboxylic acids is 2. The molecule has 2 aromatic carbocycles. The largest absolute Gasteiger partial charge is 0.543 e. The minimum atomic E-state index is -2.19. The molecular formula is C21H19N5O4-2. The van der Waals surface area contributed by atoms with Gasteiger partial charge in [-0.25, -0.2) is 9.67 Å². The zero-order chi connectivity index (χ0) is 21.7. The Hall–Kier alpha value is -4.01. The van der Waals surface area contributed by atoms with Gasteiger partial charge in [0.05, 0.1) is 29.8 Å². The second-order valence-electron chi connectivity index (χ2n) is 6.77. The van der Waals surface area contributed by atoms with E-state index in [4.69, 9.17) is 19.8 Å². The molecule has 2 aromatic heterocycles. The monoisotopic (exact) mass is 405 g/mol. The number of imidazole rings is 1. The number of carbonyl (C=O) groups excluding carboxylic acids is 2. The summed E-state index contributed by atoms with van der Waals surface area (Å²) in [7, 11) is 0. The van der Waals surface area contributed by atoms with Crippen molar-refractivity contribution in [2.45, 2.75) is 25.9 Å². The quantitative estimate of drug-likeness (QED) is 0.448. The van der Waals surface area contributed by atoms with E-state index in [1.54, 1.807) is 0 Å². The predicted octanol–water partition coefficient (Wildman–Crippen LogP) is 0.333. The van der Waals surface area contributed by atoms with Gasteiger partial charge in [-0.2, -0.15) is 0 Å². The second kappa shape index (κ2) is 8.99. The number of nitrogens with zero attached hydrogens (tertiary/aromatic N) is 5. The second-order valence-corrected chi connectivity index (χ2v) is 6.77. The maximum atomic E-state index is 8.93. The molecule has 0 aliphatic rings. The molecule has 9 heteroatoms. The van der Waals surface area contributed by atoms with Crippen LogP contribution in [0.4, 0.5) is 0 Å². The summed E-state index contributed by atoms with van der Waals surface area (Å²) in [5, 5.41) is 26.4. The fraction of sp³-hybridized carbons (Fsp3) is 0.190. The Morgan fingerprint density at radius 3 is 2.23 bits per heavy atom. The predicted molar refractivity (Wildman–Crippen MR) is 104 cm³/mol. The fourth-order valence-electron chi connectivity index (χ4n) is 3.10. The first-order valence-corrected chi connectivity index (χ1v) is 9.18. The maximum Gasteiger partial charge on any atom is 0.113 e. The van der Waals surface area contributed by atoms with Gasteiger partial charge in [0.2, 0.25) is 0 Å². The molecule has 30 heavy (non-hydrogen) atoms. The molecule has 0 fully saturated rings. The Labute approximate surface area is 172 Å². The summed E-state index contributed by atoms with van der Waals surface area (Å²) in [6.45, 7) is 4.23. The highest BCUT2D eigenvalue weighted by Crippen LogP contribution is 2.29. The van der Waals surface area contributed by atoms with Gasteiger partial charge in [0.15, 0.2) is 0 Å². The van der Waals surface area contributed by atoms with Crippen molar-refractivity contribution in [3.8, 4) is 0 Å². The normalized spacial score (nSPS) is 11.7. The van der Waals surface area contributed by atoms with E-state index in [-0.39, 0.29) is 12.1 Å². The van der Waals surface area contributed by atoms with E-state index in [1.165, 1.54) is 11.1 Å². The summed E-state index contributed by atoms with van der Waals surface area (Å²) >= 11 is 0. The third-order valence-electron chi connectivity index (χ3n) is 4.40. The van der Waals surface area contributed by atoms with Gasteiger partial charge in [0.25, 0.3) is 0 Å². The van der Waals surface area contributed by atoms with Gasteiger partial charge in [-0.05, 0) is 37.1 Å². The zero-order valence-corrected chi connectivity index (χ0v) is 16.4. The van der Waals surface area contributed by atoms with E-state index < -0.39 is 11.9 Å². The number of benzene rings is 2. The molecule has 4 rings (SSSR count). The molecule has 0 aliphatic heterocycles. The number of carboxylic acid groups (broad SMARTS) is 2. The first-order chi connectivity index (χ1) is 14.4. The van der Waals surface area contributed by atoms with Crippen LogP contribution in [0, 0.1) is 0 Å². The minimum Gasteiger partial charge on any atom is -0.543 e. The van der Waals surface area contributed by atoms with Crippen LogP contribution in [0.2, 0.25) is 0 Å². The standard InChI is InChI=1S/C19H19N5.C2H2O4/c1-14(2)24-18-12-16(8-9-17(18)21-22-24)19(23-11-10-20-13-23)15-6-4-3-5-7-15;3-1(4)2(5)6/h3-14,19H,1-2H3;(H,3,4)(H,5,6)/p-2. The van der Waals surface area contributed by atoms with E-state index in [9.17, 15) is 0 Å². The molecule has 0 saturated carbocycles. The number of hydrogen-bond donors (Lipinski definition) is 0. The van der Waals surface area contributed by atoms with E-state index >= 15 is 0 Å². The molecule has 0 radical (unpaired) electrons. The fourth-order valence-corrected chi connectivity index (χ4v) is 3.10. The van der Waals surface area contributed by atoms with Crippen molar-refractivity contribution in [2.75, 3.05) is 0 Å². The lowest BCUT2D eigenvalue weighted by atomic mass is 9.98. The highest BCUT2D eigenvalue weighted by Gasteiger charge is 2.18. The van der Waals surface area contributed by atoms with Gasteiger partial charge in [-0.15, -0.1) is 5.10 Å². The van der Waals surface area contributed by atoms with Gasteiger partial charge in [-0.3, -0.25) is 0 Å². The summed E-state index contributed by atoms with van der Waals surface area (Å²) in [5.74, 6) is -4.37. The van der Waals surface area contributed by atoms with Crippen molar-refractivity contribution in [3.63, 3.8) is 0 Å². The van der Waals surface area contributed by atoms with Crippen LogP contribution in [0.3, 0.4) is 0 Å². The molecule has 0 N–H and O–H groups in total. The smallest absolute Gasteiger partial charge is 0.113 e. The van der Waals surface area contributed by atoms with E-state index in [0.29, 0.717) is 0 Å². The molecule has 4 aromatic rings. The average molecular weight is 405 g/mol. The highest BCUT2D eigenvalue weighted by molar-refractivity contribution is 6.25. The third-order valence-corrected chi connectivity index (χ3v) is 4.40. The molecule has 154 valence electrons. The van der Waals surface area contributed by atoms with Crippen LogP contribution < -0.4 is 10.2 Å². The lowest BCUT2D eigenvalue weighted by Crippen LogP contribution is -2.42. The highest BCUT2D eigenvalue weighted by atomic mass is 16.4. The molecule has 1 unspecified atom stereocenters. The number of carboxylic acids is 2. The molecule has 0 saturated heterocycles. The minimum absolute atomic E-state index is 0.0774. The molecule has 0 amide bonds. The lowest BCUT2D eigenvalue weighted by Gasteiger charge is -2.20. The van der Waals surface area contributed by atoms with Crippen molar-refractivity contribution >= 4 is 23.0 Å². The van der Waals surface area contributed by atoms with Gasteiger partial charge < -0.3 is 24.4 Å². The van der Waals surface area contributed by atoms with Crippen molar-refractivity contribution < 1.29 is 19.8 Å². The van der Waals surface area contributed by atoms with Gasteiger partial charge in [0, 0.05) is 18.4 Å². The van der Waals surface area contributed by atoms with Gasteiger partial charge in [-0.1, -0.05) is 41.6 Å². The molecule has 1 atom stereocenters. The van der Waals surface area contributed by atoms with E-state index in [1.807, 2.05) is 35.5 Å². The molecule has 0 aliphatic carbocycles. The van der Waals surface area contributed by atoms with Crippen LogP contribution in [0.1, 0.15) is 37.1 Å². The zero-order valence-electron chi connectivity index (χ0n) is 16.4. The lowest BCUT2D eigenvalue weighted by molar-refractivity contribution is -0.345. The van der Waals surface area contributed by atoms with Crippen molar-refractivity contribution in [1.29, 1.82) is 0 Å². The van der Waals surface area contributed by atoms with Gasteiger partial charge >= 0.3 is 0 Å². The number of fused-ring (bicyclic) bond motifs is 1. The molecule has 0 bridgehead atoms. The molecule has 0 spiro atoms. The number of carbonyl (C=O) groups is 2. The number of hydrogen-bond acceptors (Lipinski definition) is 7. The Bertz CT molecular complexity index is 1120. The van der Waals surface area contributed by atoms with E-state index in [0.717, 1.165) is 11.0 Å². The van der Waals surface area contributed by atoms with Gasteiger partial charge in [0.1, 0.15) is 5.52 Å². The van der Waals surface area contributed by atoms with Crippen molar-refractivity contribution in [1.82, 2.24) is 24.5 Å². The summed E-state index contributed by atoms with van der Waals surface area (Å²) in [6.07, 6.45) is 5.67. The Morgan fingerprint density at radius 1 is 0.967 bits per heavy atom. The molecule has 2 heterocycles. The van der Waals surface area contributed by atoms with E-state index in [2.05, 4.69) is 70.1 Å². The topological polar surface area (TPSA) is 129 Å². The Balaban J connectivity index is 0.000000377.